The third-order valence-corrected chi connectivity index (χ3v) is 4.21. The van der Waals surface area contributed by atoms with Gasteiger partial charge >= 0.3 is 0 Å². The Morgan fingerprint density at radius 1 is 0.808 bits per heavy atom. The molecule has 1 aromatic heterocycles. The highest BCUT2D eigenvalue weighted by Gasteiger charge is 2.12. The SMILES string of the molecule is Cc1ccc(-c2nnc(Oc3ccc(C=O)cc3)c3ccccc23)cc1. The van der Waals surface area contributed by atoms with Crippen molar-refractivity contribution in [3.05, 3.63) is 83.9 Å². The van der Waals surface area contributed by atoms with Crippen LogP contribution >= 0.6 is 0 Å². The van der Waals surface area contributed by atoms with E-state index in [0.29, 0.717) is 17.2 Å². The third-order valence-electron chi connectivity index (χ3n) is 4.21. The number of hydrogen-bond donors (Lipinski definition) is 0. The summed E-state index contributed by atoms with van der Waals surface area (Å²) in [4.78, 5) is 10.8. The van der Waals surface area contributed by atoms with Gasteiger partial charge in [0.25, 0.3) is 0 Å². The Labute approximate surface area is 151 Å². The van der Waals surface area contributed by atoms with Crippen LogP contribution in [0.5, 0.6) is 11.6 Å². The summed E-state index contributed by atoms with van der Waals surface area (Å²) >= 11 is 0. The molecule has 0 aliphatic rings. The van der Waals surface area contributed by atoms with E-state index >= 15 is 0 Å². The number of aromatic nitrogens is 2. The van der Waals surface area contributed by atoms with E-state index in [1.54, 1.807) is 24.3 Å². The standard InChI is InChI=1S/C22H16N2O2/c1-15-6-10-17(11-7-15)21-19-4-2-3-5-20(19)22(24-23-21)26-18-12-8-16(14-25)9-13-18/h2-14H,1H3. The molecule has 0 N–H and O–H groups in total. The van der Waals surface area contributed by atoms with Crippen LogP contribution in [0.15, 0.2) is 72.8 Å². The monoisotopic (exact) mass is 340 g/mol. The van der Waals surface area contributed by atoms with Crippen LogP contribution in [0, 0.1) is 6.92 Å². The molecule has 126 valence electrons. The first-order chi connectivity index (χ1) is 12.7. The lowest BCUT2D eigenvalue weighted by atomic mass is 10.0. The molecule has 0 aliphatic carbocycles. The van der Waals surface area contributed by atoms with E-state index in [-0.39, 0.29) is 0 Å². The zero-order valence-corrected chi connectivity index (χ0v) is 14.2. The Bertz CT molecular complexity index is 1070. The van der Waals surface area contributed by atoms with Crippen LogP contribution in [0.1, 0.15) is 15.9 Å². The molecular weight excluding hydrogens is 324 g/mol. The topological polar surface area (TPSA) is 52.1 Å². The summed E-state index contributed by atoms with van der Waals surface area (Å²) in [5.74, 6) is 1.05. The van der Waals surface area contributed by atoms with Crippen molar-refractivity contribution in [1.82, 2.24) is 10.2 Å². The summed E-state index contributed by atoms with van der Waals surface area (Å²) in [6.45, 7) is 2.06. The van der Waals surface area contributed by atoms with E-state index in [0.717, 1.165) is 28.3 Å². The van der Waals surface area contributed by atoms with Crippen LogP contribution in [0.2, 0.25) is 0 Å². The maximum atomic E-state index is 10.8. The Morgan fingerprint density at radius 3 is 2.19 bits per heavy atom. The number of carbonyl (C=O) groups excluding carboxylic acids is 1. The lowest BCUT2D eigenvalue weighted by molar-refractivity contribution is 0.112. The molecule has 0 radical (unpaired) electrons. The van der Waals surface area contributed by atoms with E-state index in [2.05, 4.69) is 29.3 Å². The van der Waals surface area contributed by atoms with Crippen molar-refractivity contribution in [2.75, 3.05) is 0 Å². The lowest BCUT2D eigenvalue weighted by Crippen LogP contribution is -1.96. The van der Waals surface area contributed by atoms with Crippen molar-refractivity contribution in [3.63, 3.8) is 0 Å². The minimum atomic E-state index is 0.440. The fraction of sp³-hybridized carbons (Fsp3) is 0.0455. The second kappa shape index (κ2) is 6.76. The molecular formula is C22H16N2O2. The third kappa shape index (κ3) is 3.05. The molecule has 4 nitrogen and oxygen atoms in total. The molecule has 0 amide bonds. The highest BCUT2D eigenvalue weighted by atomic mass is 16.5. The summed E-state index contributed by atoms with van der Waals surface area (Å²) < 4.78 is 5.91. The van der Waals surface area contributed by atoms with Gasteiger partial charge in [0.15, 0.2) is 0 Å². The minimum absolute atomic E-state index is 0.440. The van der Waals surface area contributed by atoms with Crippen molar-refractivity contribution < 1.29 is 9.53 Å². The summed E-state index contributed by atoms with van der Waals surface area (Å²) in [6.07, 6.45) is 0.801. The van der Waals surface area contributed by atoms with E-state index in [4.69, 9.17) is 4.74 Å². The highest BCUT2D eigenvalue weighted by molar-refractivity contribution is 5.97. The van der Waals surface area contributed by atoms with Gasteiger partial charge in [-0.15, -0.1) is 10.2 Å². The molecule has 0 fully saturated rings. The number of fused-ring (bicyclic) bond motifs is 1. The number of hydrogen-bond acceptors (Lipinski definition) is 4. The van der Waals surface area contributed by atoms with Crippen LogP contribution in [-0.4, -0.2) is 16.5 Å². The van der Waals surface area contributed by atoms with Gasteiger partial charge in [-0.05, 0) is 37.3 Å². The molecule has 0 bridgehead atoms. The summed E-state index contributed by atoms with van der Waals surface area (Å²) in [7, 11) is 0. The van der Waals surface area contributed by atoms with Gasteiger partial charge in [-0.25, -0.2) is 0 Å². The second-order valence-corrected chi connectivity index (χ2v) is 6.05. The largest absolute Gasteiger partial charge is 0.437 e. The number of aldehydes is 1. The van der Waals surface area contributed by atoms with E-state index in [9.17, 15) is 4.79 Å². The van der Waals surface area contributed by atoms with Crippen LogP contribution in [-0.2, 0) is 0 Å². The molecule has 0 atom stereocenters. The first-order valence-corrected chi connectivity index (χ1v) is 8.30. The van der Waals surface area contributed by atoms with Gasteiger partial charge in [-0.3, -0.25) is 4.79 Å². The fourth-order valence-corrected chi connectivity index (χ4v) is 2.81. The van der Waals surface area contributed by atoms with Crippen molar-refractivity contribution in [3.8, 4) is 22.9 Å². The van der Waals surface area contributed by atoms with Crippen molar-refractivity contribution >= 4 is 17.1 Å². The average molecular weight is 340 g/mol. The van der Waals surface area contributed by atoms with E-state index < -0.39 is 0 Å². The van der Waals surface area contributed by atoms with Crippen LogP contribution in [0.4, 0.5) is 0 Å². The molecule has 4 rings (SSSR count). The summed E-state index contributed by atoms with van der Waals surface area (Å²) in [6, 6.07) is 23.0. The maximum absolute atomic E-state index is 10.8. The van der Waals surface area contributed by atoms with E-state index in [1.807, 2.05) is 36.4 Å². The summed E-state index contributed by atoms with van der Waals surface area (Å²) in [5, 5.41) is 10.6. The predicted molar refractivity (Wildman–Crippen MR) is 102 cm³/mol. The van der Waals surface area contributed by atoms with E-state index in [1.165, 1.54) is 5.56 Å². The highest BCUT2D eigenvalue weighted by Crippen LogP contribution is 2.33. The van der Waals surface area contributed by atoms with Gasteiger partial charge < -0.3 is 4.74 Å². The zero-order chi connectivity index (χ0) is 17.9. The van der Waals surface area contributed by atoms with Gasteiger partial charge in [0.1, 0.15) is 17.7 Å². The first kappa shape index (κ1) is 16.0. The predicted octanol–water partition coefficient (Wildman–Crippen LogP) is 5.21. The number of nitrogens with zero attached hydrogens (tertiary/aromatic N) is 2. The Hall–Kier alpha value is -3.53. The summed E-state index contributed by atoms with van der Waals surface area (Å²) in [5.41, 5.74) is 3.64. The first-order valence-electron chi connectivity index (χ1n) is 8.30. The number of rotatable bonds is 4. The molecule has 0 saturated carbocycles. The number of aryl methyl sites for hydroxylation is 1. The van der Waals surface area contributed by atoms with Crippen LogP contribution in [0.3, 0.4) is 0 Å². The lowest BCUT2D eigenvalue weighted by Gasteiger charge is -2.10. The van der Waals surface area contributed by atoms with Gasteiger partial charge in [-0.2, -0.15) is 0 Å². The molecule has 26 heavy (non-hydrogen) atoms. The number of ether oxygens (including phenoxy) is 1. The molecule has 0 unspecified atom stereocenters. The molecule has 0 saturated heterocycles. The van der Waals surface area contributed by atoms with Crippen LogP contribution in [0.25, 0.3) is 22.0 Å². The second-order valence-electron chi connectivity index (χ2n) is 6.05. The Morgan fingerprint density at radius 2 is 1.50 bits per heavy atom. The zero-order valence-electron chi connectivity index (χ0n) is 14.2. The quantitative estimate of drug-likeness (QED) is 0.479. The molecule has 0 aliphatic heterocycles. The molecule has 0 spiro atoms. The number of carbonyl (C=O) groups is 1. The van der Waals surface area contributed by atoms with Crippen molar-refractivity contribution in [2.45, 2.75) is 6.92 Å². The molecule has 4 aromatic rings. The smallest absolute Gasteiger partial charge is 0.246 e. The normalized spacial score (nSPS) is 10.7. The average Bonchev–Trinajstić information content (AvgIpc) is 2.70. The number of benzene rings is 3. The molecule has 3 aromatic carbocycles. The van der Waals surface area contributed by atoms with Gasteiger partial charge in [0, 0.05) is 21.9 Å². The van der Waals surface area contributed by atoms with Crippen molar-refractivity contribution in [1.29, 1.82) is 0 Å². The van der Waals surface area contributed by atoms with Gasteiger partial charge in [0.05, 0.1) is 0 Å². The maximum Gasteiger partial charge on any atom is 0.246 e. The Kier molecular flexibility index (Phi) is 4.15. The fourth-order valence-electron chi connectivity index (χ4n) is 2.81. The Balaban J connectivity index is 1.78. The molecule has 1 heterocycles. The minimum Gasteiger partial charge on any atom is -0.437 e. The van der Waals surface area contributed by atoms with Gasteiger partial charge in [-0.1, -0.05) is 48.0 Å². The van der Waals surface area contributed by atoms with Crippen LogP contribution < -0.4 is 4.74 Å². The van der Waals surface area contributed by atoms with Crippen molar-refractivity contribution in [2.24, 2.45) is 0 Å². The van der Waals surface area contributed by atoms with Gasteiger partial charge in [0.2, 0.25) is 5.88 Å². The molecule has 4 heteroatoms.